The van der Waals surface area contributed by atoms with E-state index in [-0.39, 0.29) is 5.54 Å². The van der Waals surface area contributed by atoms with Gasteiger partial charge in [-0.2, -0.15) is 0 Å². The standard InChI is InChI=1S/C22H36N2O3/c1-16(2)14-22(11-12-22)23-15-19(25)18(13-17-9-7-6-8-10-17)24(20(26)27)21(3,4)5/h6-10,16,18-19,23,25H,11-15H2,1-5H3,(H,26,27)/t18-,19+/m0/s1. The van der Waals surface area contributed by atoms with E-state index in [0.717, 1.165) is 24.8 Å². The molecule has 5 nitrogen and oxygen atoms in total. The Labute approximate surface area is 163 Å². The smallest absolute Gasteiger partial charge is 0.408 e. The predicted molar refractivity (Wildman–Crippen MR) is 109 cm³/mol. The summed E-state index contributed by atoms with van der Waals surface area (Å²) < 4.78 is 0. The van der Waals surface area contributed by atoms with Crippen molar-refractivity contribution in [1.29, 1.82) is 0 Å². The molecule has 27 heavy (non-hydrogen) atoms. The van der Waals surface area contributed by atoms with Gasteiger partial charge in [0.05, 0.1) is 12.1 Å². The molecular formula is C22H36N2O3. The van der Waals surface area contributed by atoms with Gasteiger partial charge in [-0.3, -0.25) is 4.90 Å². The maximum Gasteiger partial charge on any atom is 0.408 e. The van der Waals surface area contributed by atoms with Crippen LogP contribution in [0.1, 0.15) is 59.4 Å². The minimum absolute atomic E-state index is 0.127. The molecule has 0 radical (unpaired) electrons. The van der Waals surface area contributed by atoms with E-state index >= 15 is 0 Å². The first kappa shape index (κ1) is 21.7. The highest BCUT2D eigenvalue weighted by Crippen LogP contribution is 2.41. The molecule has 5 heteroatoms. The molecule has 0 heterocycles. The third-order valence-electron chi connectivity index (χ3n) is 5.33. The van der Waals surface area contributed by atoms with Crippen LogP contribution >= 0.6 is 0 Å². The zero-order chi connectivity index (χ0) is 20.2. The highest BCUT2D eigenvalue weighted by atomic mass is 16.4. The van der Waals surface area contributed by atoms with Crippen LogP contribution in [-0.2, 0) is 6.42 Å². The maximum absolute atomic E-state index is 12.0. The minimum Gasteiger partial charge on any atom is -0.465 e. The Morgan fingerprint density at radius 1 is 1.22 bits per heavy atom. The number of β-amino-alcohol motifs (C(OH)–C–C–N with tert-alkyl or cyclic N) is 1. The Kier molecular flexibility index (Phi) is 6.92. The van der Waals surface area contributed by atoms with Gasteiger partial charge in [0.2, 0.25) is 0 Å². The Morgan fingerprint density at radius 2 is 1.81 bits per heavy atom. The Morgan fingerprint density at radius 3 is 2.26 bits per heavy atom. The second kappa shape index (κ2) is 8.61. The van der Waals surface area contributed by atoms with Crippen molar-refractivity contribution in [2.75, 3.05) is 6.54 Å². The van der Waals surface area contributed by atoms with Gasteiger partial charge in [0.1, 0.15) is 0 Å². The topological polar surface area (TPSA) is 72.8 Å². The van der Waals surface area contributed by atoms with Crippen LogP contribution < -0.4 is 5.32 Å². The molecule has 1 amide bonds. The van der Waals surface area contributed by atoms with E-state index in [1.165, 1.54) is 4.90 Å². The summed E-state index contributed by atoms with van der Waals surface area (Å²) in [6.07, 6.45) is 2.07. The molecule has 1 aliphatic rings. The lowest BCUT2D eigenvalue weighted by atomic mass is 9.94. The minimum atomic E-state index is -0.995. The number of hydrogen-bond acceptors (Lipinski definition) is 3. The fourth-order valence-corrected chi connectivity index (χ4v) is 4.02. The summed E-state index contributed by atoms with van der Waals surface area (Å²) in [7, 11) is 0. The first-order valence-corrected chi connectivity index (χ1v) is 10.0. The first-order chi connectivity index (χ1) is 12.5. The van der Waals surface area contributed by atoms with E-state index in [1.807, 2.05) is 51.1 Å². The van der Waals surface area contributed by atoms with Gasteiger partial charge >= 0.3 is 6.09 Å². The summed E-state index contributed by atoms with van der Waals surface area (Å²) >= 11 is 0. The summed E-state index contributed by atoms with van der Waals surface area (Å²) in [4.78, 5) is 13.4. The van der Waals surface area contributed by atoms with Crippen LogP contribution in [0, 0.1) is 5.92 Å². The Balaban J connectivity index is 2.16. The summed E-state index contributed by atoms with van der Waals surface area (Å²) in [5.41, 5.74) is 0.560. The van der Waals surface area contributed by atoms with Crippen LogP contribution in [0.2, 0.25) is 0 Å². The van der Waals surface area contributed by atoms with Gasteiger partial charge in [-0.25, -0.2) is 4.79 Å². The fourth-order valence-electron chi connectivity index (χ4n) is 4.02. The molecular weight excluding hydrogens is 340 g/mol. The van der Waals surface area contributed by atoms with Crippen LogP contribution in [0.4, 0.5) is 4.79 Å². The number of carboxylic acid groups (broad SMARTS) is 1. The van der Waals surface area contributed by atoms with Crippen molar-refractivity contribution in [3.8, 4) is 0 Å². The normalized spacial score (nSPS) is 18.2. The molecule has 1 aliphatic carbocycles. The van der Waals surface area contributed by atoms with E-state index < -0.39 is 23.8 Å². The van der Waals surface area contributed by atoms with Crippen molar-refractivity contribution in [1.82, 2.24) is 10.2 Å². The fraction of sp³-hybridized carbons (Fsp3) is 0.682. The SMILES string of the molecule is CC(C)CC1(NC[C@@H](O)[C@H](Cc2ccccc2)N(C(=O)O)C(C)(C)C)CC1. The molecule has 1 aromatic carbocycles. The van der Waals surface area contributed by atoms with Crippen molar-refractivity contribution in [2.24, 2.45) is 5.92 Å². The second-order valence-corrected chi connectivity index (χ2v) is 9.41. The third kappa shape index (κ3) is 6.22. The van der Waals surface area contributed by atoms with Crippen LogP contribution in [-0.4, -0.2) is 51.0 Å². The molecule has 0 bridgehead atoms. The number of benzene rings is 1. The molecule has 2 rings (SSSR count). The van der Waals surface area contributed by atoms with E-state index in [2.05, 4.69) is 19.2 Å². The molecule has 1 fully saturated rings. The maximum atomic E-state index is 12.0. The lowest BCUT2D eigenvalue weighted by molar-refractivity contribution is 0.00630. The number of amides is 1. The highest BCUT2D eigenvalue weighted by Gasteiger charge is 2.44. The van der Waals surface area contributed by atoms with Crippen molar-refractivity contribution >= 4 is 6.09 Å². The lowest BCUT2D eigenvalue weighted by Crippen LogP contribution is -2.58. The first-order valence-electron chi connectivity index (χ1n) is 10.0. The van der Waals surface area contributed by atoms with Crippen molar-refractivity contribution in [3.63, 3.8) is 0 Å². The van der Waals surface area contributed by atoms with Gasteiger partial charge in [-0.05, 0) is 57.9 Å². The van der Waals surface area contributed by atoms with Crippen LogP contribution in [0.5, 0.6) is 0 Å². The second-order valence-electron chi connectivity index (χ2n) is 9.41. The van der Waals surface area contributed by atoms with Crippen LogP contribution in [0.15, 0.2) is 30.3 Å². The van der Waals surface area contributed by atoms with Gasteiger partial charge in [0, 0.05) is 17.6 Å². The van der Waals surface area contributed by atoms with Crippen molar-refractivity contribution in [2.45, 2.75) is 83.5 Å². The molecule has 0 aliphatic heterocycles. The van der Waals surface area contributed by atoms with Gasteiger partial charge in [0.15, 0.2) is 0 Å². The molecule has 2 atom stereocenters. The van der Waals surface area contributed by atoms with Gasteiger partial charge in [-0.1, -0.05) is 44.2 Å². The lowest BCUT2D eigenvalue weighted by Gasteiger charge is -2.42. The third-order valence-corrected chi connectivity index (χ3v) is 5.33. The Hall–Kier alpha value is -1.59. The van der Waals surface area contributed by atoms with E-state index in [1.54, 1.807) is 0 Å². The summed E-state index contributed by atoms with van der Waals surface area (Å²) in [6, 6.07) is 9.29. The molecule has 152 valence electrons. The molecule has 3 N–H and O–H groups in total. The van der Waals surface area contributed by atoms with E-state index in [4.69, 9.17) is 0 Å². The number of nitrogens with zero attached hydrogens (tertiary/aromatic N) is 1. The molecule has 0 spiro atoms. The number of rotatable bonds is 9. The largest absolute Gasteiger partial charge is 0.465 e. The molecule has 0 saturated heterocycles. The number of carbonyl (C=O) groups is 1. The van der Waals surface area contributed by atoms with Gasteiger partial charge in [-0.15, -0.1) is 0 Å². The van der Waals surface area contributed by atoms with Gasteiger partial charge in [0.25, 0.3) is 0 Å². The monoisotopic (exact) mass is 376 g/mol. The van der Waals surface area contributed by atoms with Crippen LogP contribution in [0.3, 0.4) is 0 Å². The average Bonchev–Trinajstić information content (AvgIpc) is 3.30. The van der Waals surface area contributed by atoms with E-state index in [0.29, 0.717) is 18.9 Å². The Bertz CT molecular complexity index is 606. The van der Waals surface area contributed by atoms with Crippen LogP contribution in [0.25, 0.3) is 0 Å². The summed E-state index contributed by atoms with van der Waals surface area (Å²) in [5, 5.41) is 24.4. The quantitative estimate of drug-likeness (QED) is 0.611. The summed E-state index contributed by atoms with van der Waals surface area (Å²) in [6.45, 7) is 10.5. The average molecular weight is 377 g/mol. The summed E-state index contributed by atoms with van der Waals surface area (Å²) in [5.74, 6) is 0.599. The highest BCUT2D eigenvalue weighted by molar-refractivity contribution is 5.66. The predicted octanol–water partition coefficient (Wildman–Crippen LogP) is 3.91. The van der Waals surface area contributed by atoms with Crippen molar-refractivity contribution < 1.29 is 15.0 Å². The number of aliphatic hydroxyl groups excluding tert-OH is 1. The molecule has 0 aromatic heterocycles. The van der Waals surface area contributed by atoms with Gasteiger partial charge < -0.3 is 15.5 Å². The number of aliphatic hydroxyl groups is 1. The molecule has 1 saturated carbocycles. The molecule has 1 aromatic rings. The molecule has 0 unspecified atom stereocenters. The number of hydrogen-bond donors (Lipinski definition) is 3. The number of nitrogens with one attached hydrogen (secondary N) is 1. The van der Waals surface area contributed by atoms with Crippen molar-refractivity contribution in [3.05, 3.63) is 35.9 Å². The zero-order valence-corrected chi connectivity index (χ0v) is 17.4. The van der Waals surface area contributed by atoms with E-state index in [9.17, 15) is 15.0 Å². The zero-order valence-electron chi connectivity index (χ0n) is 17.4.